The SMILES string of the molecule is CC(C)NC(=O)[C@@H]1C[C@@H](N)CN1C(=O)CCc1nc2ccccc2[nH]c1=O. The summed E-state index contributed by atoms with van der Waals surface area (Å²) in [5.74, 6) is -0.380. The van der Waals surface area contributed by atoms with E-state index in [0.717, 1.165) is 0 Å². The van der Waals surface area contributed by atoms with Crippen molar-refractivity contribution in [2.24, 2.45) is 5.73 Å². The first-order valence-corrected chi connectivity index (χ1v) is 9.18. The molecule has 0 bridgehead atoms. The number of hydrogen-bond donors (Lipinski definition) is 3. The molecule has 3 rings (SSSR count). The normalized spacial score (nSPS) is 19.6. The van der Waals surface area contributed by atoms with Crippen LogP contribution in [-0.2, 0) is 16.0 Å². The monoisotopic (exact) mass is 371 g/mol. The molecule has 0 unspecified atom stereocenters. The Hall–Kier alpha value is -2.74. The first-order chi connectivity index (χ1) is 12.8. The molecule has 8 nitrogen and oxygen atoms in total. The van der Waals surface area contributed by atoms with E-state index in [4.69, 9.17) is 5.73 Å². The lowest BCUT2D eigenvalue weighted by atomic mass is 10.1. The van der Waals surface area contributed by atoms with Gasteiger partial charge < -0.3 is 20.9 Å². The third kappa shape index (κ3) is 4.33. The Morgan fingerprint density at radius 2 is 2.11 bits per heavy atom. The summed E-state index contributed by atoms with van der Waals surface area (Å²) >= 11 is 0. The zero-order chi connectivity index (χ0) is 19.6. The molecule has 1 aliphatic heterocycles. The molecule has 2 aromatic rings. The van der Waals surface area contributed by atoms with Crippen molar-refractivity contribution in [3.05, 3.63) is 40.3 Å². The predicted molar refractivity (Wildman–Crippen MR) is 102 cm³/mol. The van der Waals surface area contributed by atoms with Gasteiger partial charge >= 0.3 is 0 Å². The molecular weight excluding hydrogens is 346 g/mol. The molecule has 0 aliphatic carbocycles. The number of aryl methyl sites for hydroxylation is 1. The molecule has 2 atom stereocenters. The summed E-state index contributed by atoms with van der Waals surface area (Å²) in [5.41, 5.74) is 7.33. The van der Waals surface area contributed by atoms with E-state index in [2.05, 4.69) is 15.3 Å². The largest absolute Gasteiger partial charge is 0.352 e. The number of nitrogens with one attached hydrogen (secondary N) is 2. The number of nitrogens with two attached hydrogens (primary N) is 1. The van der Waals surface area contributed by atoms with Crippen molar-refractivity contribution in [1.82, 2.24) is 20.2 Å². The Labute approximate surface area is 157 Å². The standard InChI is InChI=1S/C19H25N5O3/c1-11(2)21-19(27)16-9-12(20)10-24(16)17(25)8-7-15-18(26)23-14-6-4-3-5-13(14)22-15/h3-6,11-12,16H,7-10,20H2,1-2H3,(H,21,27)(H,23,26)/t12-,16+/m1/s1. The van der Waals surface area contributed by atoms with Gasteiger partial charge in [0.15, 0.2) is 0 Å². The Bertz CT molecular complexity index is 908. The Morgan fingerprint density at radius 1 is 1.37 bits per heavy atom. The van der Waals surface area contributed by atoms with Crippen LogP contribution in [-0.4, -0.2) is 51.4 Å². The van der Waals surface area contributed by atoms with Crippen molar-refractivity contribution in [2.75, 3.05) is 6.54 Å². The predicted octanol–water partition coefficient (Wildman–Crippen LogP) is 0.309. The molecule has 8 heteroatoms. The van der Waals surface area contributed by atoms with Crippen LogP contribution in [0.1, 0.15) is 32.4 Å². The number of hydrogen-bond acceptors (Lipinski definition) is 5. The van der Waals surface area contributed by atoms with Crippen LogP contribution in [0.4, 0.5) is 0 Å². The number of H-pyrrole nitrogens is 1. The lowest BCUT2D eigenvalue weighted by Crippen LogP contribution is -2.47. The van der Waals surface area contributed by atoms with Gasteiger partial charge in [0, 0.05) is 31.5 Å². The third-order valence-corrected chi connectivity index (χ3v) is 4.63. The zero-order valence-electron chi connectivity index (χ0n) is 15.6. The van der Waals surface area contributed by atoms with Gasteiger partial charge in [-0.25, -0.2) is 4.98 Å². The van der Waals surface area contributed by atoms with E-state index >= 15 is 0 Å². The van der Waals surface area contributed by atoms with Crippen molar-refractivity contribution >= 4 is 22.8 Å². The molecule has 1 aromatic heterocycles. The lowest BCUT2D eigenvalue weighted by Gasteiger charge is -2.24. The van der Waals surface area contributed by atoms with Gasteiger partial charge in [-0.15, -0.1) is 0 Å². The number of aromatic nitrogens is 2. The average molecular weight is 371 g/mol. The van der Waals surface area contributed by atoms with Gasteiger partial charge in [0.25, 0.3) is 5.56 Å². The smallest absolute Gasteiger partial charge is 0.270 e. The Balaban J connectivity index is 1.70. The summed E-state index contributed by atoms with van der Waals surface area (Å²) in [6, 6.07) is 6.46. The topological polar surface area (TPSA) is 121 Å². The number of amides is 2. The zero-order valence-corrected chi connectivity index (χ0v) is 15.6. The molecule has 1 fully saturated rings. The molecule has 27 heavy (non-hydrogen) atoms. The minimum absolute atomic E-state index is 0.00775. The lowest BCUT2D eigenvalue weighted by molar-refractivity contribution is -0.138. The highest BCUT2D eigenvalue weighted by Crippen LogP contribution is 2.19. The summed E-state index contributed by atoms with van der Waals surface area (Å²) in [6.45, 7) is 4.09. The van der Waals surface area contributed by atoms with E-state index in [9.17, 15) is 14.4 Å². The van der Waals surface area contributed by atoms with E-state index in [1.54, 1.807) is 6.07 Å². The van der Waals surface area contributed by atoms with Gasteiger partial charge in [0.05, 0.1) is 11.0 Å². The quantitative estimate of drug-likeness (QED) is 0.698. The molecule has 0 radical (unpaired) electrons. The number of nitrogens with zero attached hydrogens (tertiary/aromatic N) is 2. The van der Waals surface area contributed by atoms with Crippen molar-refractivity contribution < 1.29 is 9.59 Å². The maximum Gasteiger partial charge on any atom is 0.270 e. The molecule has 144 valence electrons. The second kappa shape index (κ2) is 7.87. The maximum absolute atomic E-state index is 12.7. The van der Waals surface area contributed by atoms with Gasteiger partial charge in [-0.1, -0.05) is 12.1 Å². The first-order valence-electron chi connectivity index (χ1n) is 9.18. The minimum atomic E-state index is -0.558. The number of para-hydroxylation sites is 2. The van der Waals surface area contributed by atoms with E-state index in [1.807, 2.05) is 32.0 Å². The van der Waals surface area contributed by atoms with Crippen LogP contribution in [0.2, 0.25) is 0 Å². The van der Waals surface area contributed by atoms with Crippen molar-refractivity contribution in [3.8, 4) is 0 Å². The molecule has 1 aromatic carbocycles. The van der Waals surface area contributed by atoms with Crippen molar-refractivity contribution in [1.29, 1.82) is 0 Å². The number of carbonyl (C=O) groups is 2. The highest BCUT2D eigenvalue weighted by Gasteiger charge is 2.37. The number of rotatable bonds is 5. The molecule has 2 amide bonds. The molecule has 0 saturated carbocycles. The summed E-state index contributed by atoms with van der Waals surface area (Å²) < 4.78 is 0. The number of carbonyl (C=O) groups excluding carboxylic acids is 2. The number of likely N-dealkylation sites (tertiary alicyclic amines) is 1. The molecular formula is C19H25N5O3. The summed E-state index contributed by atoms with van der Waals surface area (Å²) in [7, 11) is 0. The molecule has 2 heterocycles. The van der Waals surface area contributed by atoms with Crippen LogP contribution in [0.5, 0.6) is 0 Å². The van der Waals surface area contributed by atoms with Gasteiger partial charge in [0.2, 0.25) is 11.8 Å². The van der Waals surface area contributed by atoms with Crippen molar-refractivity contribution in [3.63, 3.8) is 0 Å². The molecule has 4 N–H and O–H groups in total. The summed E-state index contributed by atoms with van der Waals surface area (Å²) in [5, 5.41) is 2.84. The van der Waals surface area contributed by atoms with Crippen LogP contribution in [0.25, 0.3) is 11.0 Å². The van der Waals surface area contributed by atoms with Gasteiger partial charge in [-0.2, -0.15) is 0 Å². The van der Waals surface area contributed by atoms with E-state index in [-0.39, 0.29) is 42.3 Å². The van der Waals surface area contributed by atoms with Gasteiger partial charge in [-0.05, 0) is 32.4 Å². The van der Waals surface area contributed by atoms with Crippen molar-refractivity contribution in [2.45, 2.75) is 51.2 Å². The van der Waals surface area contributed by atoms with Crippen LogP contribution in [0, 0.1) is 0 Å². The second-order valence-electron chi connectivity index (χ2n) is 7.25. The fourth-order valence-electron chi connectivity index (χ4n) is 3.38. The van der Waals surface area contributed by atoms with E-state index in [0.29, 0.717) is 29.7 Å². The average Bonchev–Trinajstić information content (AvgIpc) is 3.01. The fourth-order valence-corrected chi connectivity index (χ4v) is 3.38. The van der Waals surface area contributed by atoms with E-state index < -0.39 is 6.04 Å². The van der Waals surface area contributed by atoms with Crippen LogP contribution >= 0.6 is 0 Å². The van der Waals surface area contributed by atoms with E-state index in [1.165, 1.54) is 4.90 Å². The number of benzene rings is 1. The van der Waals surface area contributed by atoms with Crippen LogP contribution in [0.15, 0.2) is 29.1 Å². The second-order valence-corrected chi connectivity index (χ2v) is 7.25. The highest BCUT2D eigenvalue weighted by atomic mass is 16.2. The number of fused-ring (bicyclic) bond motifs is 1. The Kier molecular flexibility index (Phi) is 5.55. The highest BCUT2D eigenvalue weighted by molar-refractivity contribution is 5.88. The molecule has 1 aliphatic rings. The maximum atomic E-state index is 12.7. The number of aromatic amines is 1. The fraction of sp³-hybridized carbons (Fsp3) is 0.474. The first kappa shape index (κ1) is 19.0. The van der Waals surface area contributed by atoms with Gasteiger partial charge in [0.1, 0.15) is 11.7 Å². The molecule has 1 saturated heterocycles. The van der Waals surface area contributed by atoms with Gasteiger partial charge in [-0.3, -0.25) is 14.4 Å². The summed E-state index contributed by atoms with van der Waals surface area (Å²) in [4.78, 5) is 45.9. The van der Waals surface area contributed by atoms with Crippen LogP contribution in [0.3, 0.4) is 0 Å². The summed E-state index contributed by atoms with van der Waals surface area (Å²) in [6.07, 6.45) is 0.759. The Morgan fingerprint density at radius 3 is 2.85 bits per heavy atom. The molecule has 0 spiro atoms. The third-order valence-electron chi connectivity index (χ3n) is 4.63. The minimum Gasteiger partial charge on any atom is -0.352 e. The van der Waals surface area contributed by atoms with Crippen LogP contribution < -0.4 is 16.6 Å².